The molecular formula is C15H20O3S. The van der Waals surface area contributed by atoms with Crippen molar-refractivity contribution in [3.05, 3.63) is 29.8 Å². The molecule has 2 aliphatic rings. The molecule has 2 bridgehead atoms. The lowest BCUT2D eigenvalue weighted by Gasteiger charge is -2.36. The maximum absolute atomic E-state index is 12.0. The lowest BCUT2D eigenvalue weighted by molar-refractivity contribution is 0.0184. The van der Waals surface area contributed by atoms with Crippen molar-refractivity contribution in [1.82, 2.24) is 0 Å². The van der Waals surface area contributed by atoms with Crippen LogP contribution in [0.2, 0.25) is 0 Å². The summed E-state index contributed by atoms with van der Waals surface area (Å²) >= 11 is 0. The van der Waals surface area contributed by atoms with E-state index in [0.717, 1.165) is 24.2 Å². The SMILES string of the molecule is CCOc1ccc(C2(O)CC3CCC(C2)S3=O)cc1. The normalized spacial score (nSPS) is 37.3. The third-order valence-corrected chi connectivity index (χ3v) is 6.42. The average Bonchev–Trinajstić information content (AvgIpc) is 2.63. The fraction of sp³-hybridized carbons (Fsp3) is 0.600. The number of benzene rings is 1. The third-order valence-electron chi connectivity index (χ3n) is 4.30. The summed E-state index contributed by atoms with van der Waals surface area (Å²) in [4.78, 5) is 0. The molecule has 2 unspecified atom stereocenters. The smallest absolute Gasteiger partial charge is 0.119 e. The van der Waals surface area contributed by atoms with Gasteiger partial charge in [-0.15, -0.1) is 0 Å². The Balaban J connectivity index is 1.83. The van der Waals surface area contributed by atoms with E-state index in [1.54, 1.807) is 0 Å². The highest BCUT2D eigenvalue weighted by Crippen LogP contribution is 2.45. The third kappa shape index (κ3) is 2.32. The second-order valence-electron chi connectivity index (χ2n) is 5.55. The van der Waals surface area contributed by atoms with Crippen LogP contribution >= 0.6 is 0 Å². The number of ether oxygens (including phenoxy) is 1. The van der Waals surface area contributed by atoms with E-state index in [-0.39, 0.29) is 10.5 Å². The number of aliphatic hydroxyl groups is 1. The minimum Gasteiger partial charge on any atom is -0.494 e. The van der Waals surface area contributed by atoms with Crippen molar-refractivity contribution in [2.75, 3.05) is 6.61 Å². The molecule has 2 fully saturated rings. The predicted octanol–water partition coefficient (Wildman–Crippen LogP) is 2.35. The molecule has 1 aromatic carbocycles. The molecule has 19 heavy (non-hydrogen) atoms. The Morgan fingerprint density at radius 1 is 1.26 bits per heavy atom. The summed E-state index contributed by atoms with van der Waals surface area (Å²) in [7, 11) is -0.731. The zero-order chi connectivity index (χ0) is 13.5. The van der Waals surface area contributed by atoms with Crippen LogP contribution in [-0.4, -0.2) is 26.4 Å². The molecule has 2 aliphatic heterocycles. The predicted molar refractivity (Wildman–Crippen MR) is 75.7 cm³/mol. The molecule has 1 aromatic rings. The second kappa shape index (κ2) is 4.91. The average molecular weight is 280 g/mol. The molecule has 1 N–H and O–H groups in total. The van der Waals surface area contributed by atoms with E-state index in [9.17, 15) is 9.32 Å². The zero-order valence-electron chi connectivity index (χ0n) is 11.2. The van der Waals surface area contributed by atoms with Gasteiger partial charge in [-0.3, -0.25) is 4.21 Å². The molecule has 3 rings (SSSR count). The van der Waals surface area contributed by atoms with Crippen molar-refractivity contribution in [2.45, 2.75) is 48.7 Å². The van der Waals surface area contributed by atoms with E-state index >= 15 is 0 Å². The zero-order valence-corrected chi connectivity index (χ0v) is 12.0. The van der Waals surface area contributed by atoms with Gasteiger partial charge in [-0.05, 0) is 50.3 Å². The van der Waals surface area contributed by atoms with Crippen LogP contribution in [0.1, 0.15) is 38.2 Å². The van der Waals surface area contributed by atoms with Crippen molar-refractivity contribution in [3.63, 3.8) is 0 Å². The molecule has 0 spiro atoms. The van der Waals surface area contributed by atoms with Crippen LogP contribution < -0.4 is 4.74 Å². The van der Waals surface area contributed by atoms with Crippen LogP contribution in [0, 0.1) is 0 Å². The monoisotopic (exact) mass is 280 g/mol. The number of rotatable bonds is 3. The Morgan fingerprint density at radius 3 is 2.37 bits per heavy atom. The van der Waals surface area contributed by atoms with Crippen LogP contribution in [-0.2, 0) is 16.4 Å². The topological polar surface area (TPSA) is 46.5 Å². The maximum Gasteiger partial charge on any atom is 0.119 e. The Labute approximate surface area is 116 Å². The number of fused-ring (bicyclic) bond motifs is 2. The fourth-order valence-electron chi connectivity index (χ4n) is 3.35. The first-order chi connectivity index (χ1) is 9.12. The number of hydrogen-bond donors (Lipinski definition) is 1. The summed E-state index contributed by atoms with van der Waals surface area (Å²) in [6, 6.07) is 7.70. The summed E-state index contributed by atoms with van der Waals surface area (Å²) < 4.78 is 17.4. The first-order valence-corrected chi connectivity index (χ1v) is 8.25. The summed E-state index contributed by atoms with van der Waals surface area (Å²) in [6.45, 7) is 2.60. The minimum atomic E-state index is -0.801. The van der Waals surface area contributed by atoms with Crippen molar-refractivity contribution >= 4 is 10.8 Å². The Kier molecular flexibility index (Phi) is 3.39. The molecule has 4 heteroatoms. The second-order valence-corrected chi connectivity index (χ2v) is 7.54. The molecule has 3 nitrogen and oxygen atoms in total. The summed E-state index contributed by atoms with van der Waals surface area (Å²) in [5, 5.41) is 11.2. The molecule has 2 saturated heterocycles. The van der Waals surface area contributed by atoms with Gasteiger partial charge < -0.3 is 9.84 Å². The quantitative estimate of drug-likeness (QED) is 0.924. The summed E-state index contributed by atoms with van der Waals surface area (Å²) in [5.41, 5.74) is 0.134. The van der Waals surface area contributed by atoms with Gasteiger partial charge in [0, 0.05) is 21.3 Å². The molecule has 0 amide bonds. The van der Waals surface area contributed by atoms with E-state index in [2.05, 4.69) is 0 Å². The van der Waals surface area contributed by atoms with Gasteiger partial charge in [-0.2, -0.15) is 0 Å². The van der Waals surface area contributed by atoms with Crippen LogP contribution in [0.25, 0.3) is 0 Å². The lowest BCUT2D eigenvalue weighted by Crippen LogP contribution is -2.40. The van der Waals surface area contributed by atoms with Crippen molar-refractivity contribution in [2.24, 2.45) is 0 Å². The summed E-state index contributed by atoms with van der Waals surface area (Å²) in [5.74, 6) is 0.831. The standard InChI is InChI=1S/C15H20O3S/c1-2-18-12-5-3-11(4-6-12)15(16)9-13-7-8-14(10-15)19(13)17/h3-6,13-14,16H,2,7-10H2,1H3. The first kappa shape index (κ1) is 13.1. The highest BCUT2D eigenvalue weighted by Gasteiger charge is 2.48. The van der Waals surface area contributed by atoms with Crippen LogP contribution in [0.4, 0.5) is 0 Å². The fourth-order valence-corrected chi connectivity index (χ4v) is 5.51. The van der Waals surface area contributed by atoms with E-state index in [1.807, 2.05) is 31.2 Å². The maximum atomic E-state index is 12.0. The molecular weight excluding hydrogens is 260 g/mol. The largest absolute Gasteiger partial charge is 0.494 e. The van der Waals surface area contributed by atoms with E-state index < -0.39 is 16.4 Å². The van der Waals surface area contributed by atoms with Gasteiger partial charge >= 0.3 is 0 Å². The molecule has 2 atom stereocenters. The van der Waals surface area contributed by atoms with Gasteiger partial charge in [-0.1, -0.05) is 12.1 Å². The molecule has 0 aliphatic carbocycles. The number of hydrogen-bond acceptors (Lipinski definition) is 3. The van der Waals surface area contributed by atoms with Crippen molar-refractivity contribution in [1.29, 1.82) is 0 Å². The highest BCUT2D eigenvalue weighted by molar-refractivity contribution is 7.86. The summed E-state index contributed by atoms with van der Waals surface area (Å²) in [6.07, 6.45) is 3.25. The van der Waals surface area contributed by atoms with Crippen LogP contribution in [0.3, 0.4) is 0 Å². The van der Waals surface area contributed by atoms with Gasteiger partial charge in [0.1, 0.15) is 5.75 Å². The molecule has 2 heterocycles. The van der Waals surface area contributed by atoms with Crippen LogP contribution in [0.15, 0.2) is 24.3 Å². The van der Waals surface area contributed by atoms with Gasteiger partial charge in [0.2, 0.25) is 0 Å². The van der Waals surface area contributed by atoms with E-state index in [4.69, 9.17) is 4.74 Å². The Hall–Kier alpha value is -0.870. The minimum absolute atomic E-state index is 0.176. The Bertz CT molecular complexity index is 467. The van der Waals surface area contributed by atoms with Gasteiger partial charge in [0.15, 0.2) is 0 Å². The molecule has 0 aromatic heterocycles. The van der Waals surface area contributed by atoms with Gasteiger partial charge in [0.05, 0.1) is 12.2 Å². The van der Waals surface area contributed by atoms with E-state index in [1.165, 1.54) is 0 Å². The van der Waals surface area contributed by atoms with Crippen molar-refractivity contribution in [3.8, 4) is 5.75 Å². The lowest BCUT2D eigenvalue weighted by atomic mass is 9.86. The van der Waals surface area contributed by atoms with E-state index in [0.29, 0.717) is 19.4 Å². The van der Waals surface area contributed by atoms with Gasteiger partial charge in [0.25, 0.3) is 0 Å². The highest BCUT2D eigenvalue weighted by atomic mass is 32.2. The molecule has 104 valence electrons. The first-order valence-electron chi connectivity index (χ1n) is 6.97. The molecule has 0 saturated carbocycles. The van der Waals surface area contributed by atoms with Crippen LogP contribution in [0.5, 0.6) is 5.75 Å². The van der Waals surface area contributed by atoms with Gasteiger partial charge in [-0.25, -0.2) is 0 Å². The Morgan fingerprint density at radius 2 is 1.84 bits per heavy atom. The van der Waals surface area contributed by atoms with Crippen molar-refractivity contribution < 1.29 is 14.1 Å². The molecule has 0 radical (unpaired) electrons.